The van der Waals surface area contributed by atoms with Gasteiger partial charge in [0.1, 0.15) is 11.6 Å². The second-order valence-electron chi connectivity index (χ2n) is 9.65. The monoisotopic (exact) mass is 499 g/mol. The molecular formula is C28H41N3O5. The number of amides is 3. The second-order valence-corrected chi connectivity index (χ2v) is 9.65. The number of benzene rings is 1. The second kappa shape index (κ2) is 11.4. The van der Waals surface area contributed by atoms with E-state index in [1.54, 1.807) is 23.1 Å². The van der Waals surface area contributed by atoms with E-state index in [-0.39, 0.29) is 29.8 Å². The molecule has 1 aromatic carbocycles. The standard InChI is InChI=1S/C24H29N3O5.2C2H6/c1-24(2)10-12-31-21-18(32-24)8-7-15-16(22(29)25-20(15)21)13-14-9-11-27-17(23(30)26(14)3)5-4-6-19(27)28;2*1-2/h7-8,10,12,14,16-17H,4-6,9,11,13H2,1-3H3,(H,25,29);2*1-2H3. The largest absolute Gasteiger partial charge is 0.480 e. The number of nitrogens with one attached hydrogen (secondary N) is 1. The van der Waals surface area contributed by atoms with Gasteiger partial charge in [-0.25, -0.2) is 0 Å². The highest BCUT2D eigenvalue weighted by atomic mass is 16.5. The number of carbonyl (C=O) groups excluding carboxylic acids is 3. The number of hydrogen-bond acceptors (Lipinski definition) is 5. The van der Waals surface area contributed by atoms with Gasteiger partial charge in [0, 0.05) is 26.1 Å². The van der Waals surface area contributed by atoms with E-state index in [1.165, 1.54) is 0 Å². The van der Waals surface area contributed by atoms with Gasteiger partial charge in [0.25, 0.3) is 0 Å². The molecule has 3 amide bonds. The predicted molar refractivity (Wildman–Crippen MR) is 140 cm³/mol. The normalized spacial score (nSPS) is 25.8. The van der Waals surface area contributed by atoms with Crippen LogP contribution in [-0.4, -0.2) is 58.8 Å². The molecule has 1 N–H and O–H groups in total. The molecule has 0 radical (unpaired) electrons. The minimum atomic E-state index is -0.519. The number of nitrogens with zero attached hydrogens (tertiary/aromatic N) is 2. The number of anilines is 1. The SMILES string of the molecule is CC.CC.CN1C(=O)C2CCCC(=O)N2CCC1CC1C(=O)Nc2c1ccc1c2OC=CC(C)(C)O1. The van der Waals surface area contributed by atoms with Gasteiger partial charge in [-0.05, 0) is 57.2 Å². The smallest absolute Gasteiger partial charge is 0.245 e. The van der Waals surface area contributed by atoms with Crippen molar-refractivity contribution in [2.75, 3.05) is 18.9 Å². The van der Waals surface area contributed by atoms with Crippen LogP contribution in [0.5, 0.6) is 11.5 Å². The molecular weight excluding hydrogens is 458 g/mol. The molecule has 0 saturated carbocycles. The van der Waals surface area contributed by atoms with Crippen molar-refractivity contribution >= 4 is 23.4 Å². The number of hydrogen-bond donors (Lipinski definition) is 1. The Morgan fingerprint density at radius 2 is 1.81 bits per heavy atom. The lowest BCUT2D eigenvalue weighted by molar-refractivity contribution is -0.146. The molecule has 198 valence electrons. The summed E-state index contributed by atoms with van der Waals surface area (Å²) in [7, 11) is 1.80. The first-order chi connectivity index (χ1) is 17.2. The molecule has 3 atom stereocenters. The van der Waals surface area contributed by atoms with Crippen molar-refractivity contribution in [1.29, 1.82) is 0 Å². The summed E-state index contributed by atoms with van der Waals surface area (Å²) >= 11 is 0. The Labute approximate surface area is 215 Å². The van der Waals surface area contributed by atoms with Gasteiger partial charge in [0.05, 0.1) is 17.9 Å². The number of piperidine rings is 1. The summed E-state index contributed by atoms with van der Waals surface area (Å²) < 4.78 is 11.9. The van der Waals surface area contributed by atoms with Gasteiger partial charge < -0.3 is 24.6 Å². The van der Waals surface area contributed by atoms with Gasteiger partial charge in [-0.2, -0.15) is 0 Å². The van der Waals surface area contributed by atoms with Crippen LogP contribution >= 0.6 is 0 Å². The number of ether oxygens (including phenoxy) is 2. The van der Waals surface area contributed by atoms with Gasteiger partial charge in [-0.15, -0.1) is 0 Å². The van der Waals surface area contributed by atoms with E-state index < -0.39 is 11.5 Å². The molecule has 2 fully saturated rings. The summed E-state index contributed by atoms with van der Waals surface area (Å²) in [5, 5.41) is 2.97. The van der Waals surface area contributed by atoms with E-state index in [9.17, 15) is 14.4 Å². The van der Waals surface area contributed by atoms with Crippen molar-refractivity contribution in [2.24, 2.45) is 0 Å². The fourth-order valence-corrected chi connectivity index (χ4v) is 5.27. The maximum Gasteiger partial charge on any atom is 0.245 e. The molecule has 4 aliphatic heterocycles. The summed E-state index contributed by atoms with van der Waals surface area (Å²) in [6, 6.07) is 3.26. The van der Waals surface area contributed by atoms with Crippen LogP contribution in [0, 0.1) is 0 Å². The van der Waals surface area contributed by atoms with Crippen LogP contribution in [0.4, 0.5) is 5.69 Å². The molecule has 0 spiro atoms. The molecule has 0 aromatic heterocycles. The van der Waals surface area contributed by atoms with Crippen LogP contribution < -0.4 is 14.8 Å². The average molecular weight is 500 g/mol. The zero-order chi connectivity index (χ0) is 26.6. The maximum atomic E-state index is 13.1. The van der Waals surface area contributed by atoms with Gasteiger partial charge in [0.2, 0.25) is 17.7 Å². The van der Waals surface area contributed by atoms with E-state index in [4.69, 9.17) is 9.47 Å². The predicted octanol–water partition coefficient (Wildman–Crippen LogP) is 4.84. The number of rotatable bonds is 2. The van der Waals surface area contributed by atoms with Crippen molar-refractivity contribution in [2.45, 2.75) is 97.2 Å². The minimum Gasteiger partial charge on any atom is -0.480 e. The Morgan fingerprint density at radius 1 is 1.08 bits per heavy atom. The van der Waals surface area contributed by atoms with Gasteiger partial charge in [-0.3, -0.25) is 14.4 Å². The van der Waals surface area contributed by atoms with E-state index >= 15 is 0 Å². The highest BCUT2D eigenvalue weighted by Crippen LogP contribution is 2.48. The lowest BCUT2D eigenvalue weighted by Gasteiger charge is -2.34. The van der Waals surface area contributed by atoms with Crippen LogP contribution in [0.2, 0.25) is 0 Å². The van der Waals surface area contributed by atoms with Crippen molar-refractivity contribution < 1.29 is 23.9 Å². The van der Waals surface area contributed by atoms with E-state index in [0.717, 1.165) is 12.0 Å². The van der Waals surface area contributed by atoms with Crippen LogP contribution in [0.25, 0.3) is 0 Å². The molecule has 8 heteroatoms. The first kappa shape index (κ1) is 27.6. The zero-order valence-electron chi connectivity index (χ0n) is 22.7. The number of likely N-dealkylation sites (N-methyl/N-ethyl adjacent to an activating group) is 1. The summed E-state index contributed by atoms with van der Waals surface area (Å²) in [5.74, 6) is 0.618. The third-order valence-electron chi connectivity index (χ3n) is 7.08. The average Bonchev–Trinajstić information content (AvgIpc) is 3.00. The molecule has 0 bridgehead atoms. The summed E-state index contributed by atoms with van der Waals surface area (Å²) in [6.07, 6.45) is 6.55. The minimum absolute atomic E-state index is 0.0230. The Morgan fingerprint density at radius 3 is 2.53 bits per heavy atom. The van der Waals surface area contributed by atoms with Crippen molar-refractivity contribution in [3.63, 3.8) is 0 Å². The van der Waals surface area contributed by atoms with Crippen LogP contribution in [0.15, 0.2) is 24.5 Å². The Bertz CT molecular complexity index is 1020. The molecule has 1 aromatic rings. The van der Waals surface area contributed by atoms with Crippen molar-refractivity contribution in [3.8, 4) is 11.5 Å². The summed E-state index contributed by atoms with van der Waals surface area (Å²) in [4.78, 5) is 42.0. The van der Waals surface area contributed by atoms with E-state index in [2.05, 4.69) is 5.32 Å². The Hall–Kier alpha value is -3.03. The van der Waals surface area contributed by atoms with Crippen LogP contribution in [0.3, 0.4) is 0 Å². The van der Waals surface area contributed by atoms with E-state index in [0.29, 0.717) is 49.4 Å². The molecule has 8 nitrogen and oxygen atoms in total. The highest BCUT2D eigenvalue weighted by Gasteiger charge is 2.43. The fraction of sp³-hybridized carbons (Fsp3) is 0.607. The molecule has 4 aliphatic rings. The maximum absolute atomic E-state index is 13.1. The Kier molecular flexibility index (Phi) is 8.69. The third kappa shape index (κ3) is 5.22. The molecule has 3 unspecified atom stereocenters. The van der Waals surface area contributed by atoms with Crippen LogP contribution in [0.1, 0.15) is 85.1 Å². The fourth-order valence-electron chi connectivity index (χ4n) is 5.27. The van der Waals surface area contributed by atoms with Gasteiger partial charge >= 0.3 is 0 Å². The van der Waals surface area contributed by atoms with Crippen LogP contribution in [-0.2, 0) is 14.4 Å². The Balaban J connectivity index is 0.000000861. The molecule has 2 saturated heterocycles. The van der Waals surface area contributed by atoms with Gasteiger partial charge in [0.15, 0.2) is 11.5 Å². The number of fused-ring (bicyclic) bond motifs is 4. The highest BCUT2D eigenvalue weighted by molar-refractivity contribution is 6.05. The van der Waals surface area contributed by atoms with Crippen molar-refractivity contribution in [3.05, 3.63) is 30.0 Å². The third-order valence-corrected chi connectivity index (χ3v) is 7.08. The number of carbonyl (C=O) groups is 3. The molecule has 4 heterocycles. The summed E-state index contributed by atoms with van der Waals surface area (Å²) in [5.41, 5.74) is 0.966. The molecule has 5 rings (SSSR count). The van der Waals surface area contributed by atoms with Gasteiger partial charge in [-0.1, -0.05) is 33.8 Å². The topological polar surface area (TPSA) is 88.2 Å². The zero-order valence-corrected chi connectivity index (χ0v) is 22.7. The van der Waals surface area contributed by atoms with E-state index in [1.807, 2.05) is 59.8 Å². The molecule has 36 heavy (non-hydrogen) atoms. The molecule has 0 aliphatic carbocycles. The quantitative estimate of drug-likeness (QED) is 0.629. The summed E-state index contributed by atoms with van der Waals surface area (Å²) in [6.45, 7) is 12.4. The first-order valence-electron chi connectivity index (χ1n) is 13.3. The lowest BCUT2D eigenvalue weighted by atomic mass is 9.91. The van der Waals surface area contributed by atoms with Crippen molar-refractivity contribution in [1.82, 2.24) is 9.80 Å². The first-order valence-corrected chi connectivity index (χ1v) is 13.3. The lowest BCUT2D eigenvalue weighted by Crippen LogP contribution is -2.50.